The molecule has 1 N–H and O–H groups in total. The fourth-order valence-electron chi connectivity index (χ4n) is 2.01. The summed E-state index contributed by atoms with van der Waals surface area (Å²) in [6.07, 6.45) is 2.63. The number of nitrogens with one attached hydrogen (secondary N) is 1. The number of imidazole rings is 1. The van der Waals surface area contributed by atoms with Crippen molar-refractivity contribution in [2.75, 3.05) is 19.0 Å². The number of carbonyl (C=O) groups is 1. The van der Waals surface area contributed by atoms with Crippen molar-refractivity contribution in [2.45, 2.75) is 13.5 Å². The van der Waals surface area contributed by atoms with Crippen molar-refractivity contribution < 1.29 is 9.72 Å². The molecule has 2 rings (SSSR count). The second-order valence-electron chi connectivity index (χ2n) is 5.29. The highest BCUT2D eigenvalue weighted by atomic mass is 16.6. The highest BCUT2D eigenvalue weighted by Crippen LogP contribution is 2.13. The van der Waals surface area contributed by atoms with E-state index in [0.717, 1.165) is 17.4 Å². The molecule has 0 bridgehead atoms. The minimum absolute atomic E-state index is 0.223. The molecule has 24 heavy (non-hydrogen) atoms. The standard InChI is InChI=1S/C15H18N6O3/c1-11-16-9-15(21(23)24)20(11)10-14(22)18-17-8-12-4-6-13(7-5-12)19(2)3/h4-9H,10H2,1-3H3,(H,18,22)/b17-8+. The molecule has 0 spiro atoms. The summed E-state index contributed by atoms with van der Waals surface area (Å²) in [7, 11) is 3.89. The van der Waals surface area contributed by atoms with Crippen molar-refractivity contribution >= 4 is 23.6 Å². The van der Waals surface area contributed by atoms with Crippen LogP contribution in [0.5, 0.6) is 0 Å². The Bertz CT molecular complexity index is 764. The number of aryl methyl sites for hydroxylation is 1. The van der Waals surface area contributed by atoms with Gasteiger partial charge in [0.05, 0.1) is 6.21 Å². The van der Waals surface area contributed by atoms with Crippen LogP contribution in [0.3, 0.4) is 0 Å². The second kappa shape index (κ2) is 7.36. The van der Waals surface area contributed by atoms with Gasteiger partial charge in [0.2, 0.25) is 0 Å². The van der Waals surface area contributed by atoms with Crippen LogP contribution in [0.1, 0.15) is 11.4 Å². The van der Waals surface area contributed by atoms with Crippen LogP contribution in [0.25, 0.3) is 0 Å². The first-order valence-electron chi connectivity index (χ1n) is 7.14. The van der Waals surface area contributed by atoms with E-state index in [4.69, 9.17) is 0 Å². The van der Waals surface area contributed by atoms with E-state index >= 15 is 0 Å². The minimum atomic E-state index is -0.581. The van der Waals surface area contributed by atoms with Gasteiger partial charge in [-0.3, -0.25) is 4.79 Å². The largest absolute Gasteiger partial charge is 0.378 e. The van der Waals surface area contributed by atoms with Crippen molar-refractivity contribution in [2.24, 2.45) is 5.10 Å². The first kappa shape index (κ1) is 17.1. The predicted molar refractivity (Wildman–Crippen MR) is 90.1 cm³/mol. The van der Waals surface area contributed by atoms with Gasteiger partial charge in [-0.25, -0.2) is 15.0 Å². The maximum atomic E-state index is 11.9. The van der Waals surface area contributed by atoms with Gasteiger partial charge < -0.3 is 15.0 Å². The summed E-state index contributed by atoms with van der Waals surface area (Å²) in [6.45, 7) is 1.37. The third kappa shape index (κ3) is 4.15. The smallest absolute Gasteiger partial charge is 0.343 e. The van der Waals surface area contributed by atoms with Crippen molar-refractivity contribution in [1.29, 1.82) is 0 Å². The van der Waals surface area contributed by atoms with Crippen LogP contribution in [0, 0.1) is 17.0 Å². The van der Waals surface area contributed by atoms with E-state index in [1.807, 2.05) is 43.3 Å². The lowest BCUT2D eigenvalue weighted by atomic mass is 10.2. The van der Waals surface area contributed by atoms with Crippen molar-refractivity contribution in [3.63, 3.8) is 0 Å². The van der Waals surface area contributed by atoms with E-state index in [9.17, 15) is 14.9 Å². The van der Waals surface area contributed by atoms with Crippen LogP contribution >= 0.6 is 0 Å². The average molecular weight is 330 g/mol. The number of nitro groups is 1. The normalized spacial score (nSPS) is 10.8. The zero-order valence-electron chi connectivity index (χ0n) is 13.6. The number of hydrazone groups is 1. The van der Waals surface area contributed by atoms with Gasteiger partial charge in [-0.05, 0) is 22.6 Å². The highest BCUT2D eigenvalue weighted by molar-refractivity contribution is 5.82. The van der Waals surface area contributed by atoms with Crippen LogP contribution in [0.2, 0.25) is 0 Å². The Kier molecular flexibility index (Phi) is 5.25. The highest BCUT2D eigenvalue weighted by Gasteiger charge is 2.19. The second-order valence-corrected chi connectivity index (χ2v) is 5.29. The number of nitrogens with zero attached hydrogens (tertiary/aromatic N) is 5. The molecule has 0 aliphatic carbocycles. The van der Waals surface area contributed by atoms with Gasteiger partial charge in [0.15, 0.2) is 12.4 Å². The molecule has 0 saturated heterocycles. The Morgan fingerprint density at radius 1 is 1.42 bits per heavy atom. The molecule has 2 aromatic rings. The number of anilines is 1. The van der Waals surface area contributed by atoms with Gasteiger partial charge in [-0.2, -0.15) is 5.10 Å². The molecule has 0 radical (unpaired) electrons. The molecule has 126 valence electrons. The number of hydrogen-bond acceptors (Lipinski definition) is 6. The summed E-state index contributed by atoms with van der Waals surface area (Å²) in [5, 5.41) is 14.7. The van der Waals surface area contributed by atoms with Gasteiger partial charge >= 0.3 is 5.82 Å². The van der Waals surface area contributed by atoms with Crippen molar-refractivity contribution in [1.82, 2.24) is 15.0 Å². The molecule has 0 fully saturated rings. The van der Waals surface area contributed by atoms with Crippen LogP contribution < -0.4 is 10.3 Å². The van der Waals surface area contributed by atoms with E-state index in [0.29, 0.717) is 5.82 Å². The number of benzene rings is 1. The molecule has 9 heteroatoms. The molecule has 0 atom stereocenters. The summed E-state index contributed by atoms with van der Waals surface area (Å²) in [5.74, 6) is -0.314. The van der Waals surface area contributed by atoms with Crippen LogP contribution in [-0.2, 0) is 11.3 Å². The summed E-state index contributed by atoms with van der Waals surface area (Å²) in [4.78, 5) is 28.0. The number of hydrogen-bond donors (Lipinski definition) is 1. The third-order valence-electron chi connectivity index (χ3n) is 3.34. The fraction of sp³-hybridized carbons (Fsp3) is 0.267. The Labute approximate surface area is 138 Å². The van der Waals surface area contributed by atoms with Crippen molar-refractivity contribution in [3.05, 3.63) is 52.0 Å². The molecule has 1 heterocycles. The molecule has 1 aromatic heterocycles. The summed E-state index contributed by atoms with van der Waals surface area (Å²) >= 11 is 0. The molecular weight excluding hydrogens is 312 g/mol. The van der Waals surface area contributed by atoms with E-state index in [-0.39, 0.29) is 12.4 Å². The van der Waals surface area contributed by atoms with Crippen molar-refractivity contribution in [3.8, 4) is 0 Å². The first-order valence-corrected chi connectivity index (χ1v) is 7.14. The maximum absolute atomic E-state index is 11.9. The number of amides is 1. The SMILES string of the molecule is Cc1ncc([N+](=O)[O-])n1CC(=O)N/N=C/c1ccc(N(C)C)cc1. The summed E-state index contributed by atoms with van der Waals surface area (Å²) in [6, 6.07) is 7.61. The number of rotatable bonds is 6. The lowest BCUT2D eigenvalue weighted by Crippen LogP contribution is -2.24. The Morgan fingerprint density at radius 3 is 2.67 bits per heavy atom. The monoisotopic (exact) mass is 330 g/mol. The van der Waals surface area contributed by atoms with E-state index in [1.165, 1.54) is 10.8 Å². The number of aromatic nitrogens is 2. The molecule has 0 aliphatic rings. The van der Waals surface area contributed by atoms with E-state index in [1.54, 1.807) is 6.92 Å². The quantitative estimate of drug-likeness (QED) is 0.488. The topological polar surface area (TPSA) is 106 Å². The van der Waals surface area contributed by atoms with E-state index in [2.05, 4.69) is 15.5 Å². The molecule has 9 nitrogen and oxygen atoms in total. The Balaban J connectivity index is 1.96. The lowest BCUT2D eigenvalue weighted by Gasteiger charge is -2.11. The Morgan fingerprint density at radius 2 is 2.08 bits per heavy atom. The van der Waals surface area contributed by atoms with Gasteiger partial charge in [0.1, 0.15) is 6.20 Å². The van der Waals surface area contributed by atoms with Gasteiger partial charge in [0, 0.05) is 26.7 Å². The molecule has 0 saturated carbocycles. The maximum Gasteiger partial charge on any atom is 0.343 e. The van der Waals surface area contributed by atoms with Crippen LogP contribution in [0.4, 0.5) is 11.5 Å². The van der Waals surface area contributed by atoms with E-state index < -0.39 is 10.8 Å². The minimum Gasteiger partial charge on any atom is -0.378 e. The molecule has 1 aromatic carbocycles. The van der Waals surface area contributed by atoms with Gasteiger partial charge in [0.25, 0.3) is 5.91 Å². The summed E-state index contributed by atoms with van der Waals surface area (Å²) < 4.78 is 1.22. The first-order chi connectivity index (χ1) is 11.4. The van der Waals surface area contributed by atoms with Crippen LogP contribution in [0.15, 0.2) is 35.6 Å². The predicted octanol–water partition coefficient (Wildman–Crippen LogP) is 1.32. The molecule has 1 amide bonds. The Hall–Kier alpha value is -3.23. The fourth-order valence-corrected chi connectivity index (χ4v) is 2.01. The van der Waals surface area contributed by atoms with Crippen LogP contribution in [-0.4, -0.2) is 40.7 Å². The zero-order chi connectivity index (χ0) is 17.7. The average Bonchev–Trinajstić information content (AvgIpc) is 2.89. The molecule has 0 unspecified atom stereocenters. The van der Waals surface area contributed by atoms with Gasteiger partial charge in [-0.1, -0.05) is 12.1 Å². The zero-order valence-corrected chi connectivity index (χ0v) is 13.6. The third-order valence-corrected chi connectivity index (χ3v) is 3.34. The summed E-state index contributed by atoms with van der Waals surface area (Å²) in [5.41, 5.74) is 4.23. The van der Waals surface area contributed by atoms with Gasteiger partial charge in [-0.15, -0.1) is 0 Å². The lowest BCUT2D eigenvalue weighted by molar-refractivity contribution is -0.392. The molecule has 0 aliphatic heterocycles. The molecular formula is C15H18N6O3. The number of carbonyl (C=O) groups excluding carboxylic acids is 1.